The third-order valence-corrected chi connectivity index (χ3v) is 6.02. The summed E-state index contributed by atoms with van der Waals surface area (Å²) in [6.45, 7) is 5.00. The number of amides is 1. The van der Waals surface area contributed by atoms with Crippen molar-refractivity contribution in [3.05, 3.63) is 87.0 Å². The molecule has 0 saturated heterocycles. The summed E-state index contributed by atoms with van der Waals surface area (Å²) >= 11 is 0. The molecule has 0 fully saturated rings. The lowest BCUT2D eigenvalue weighted by Gasteiger charge is -2.17. The highest BCUT2D eigenvalue weighted by molar-refractivity contribution is 7.92. The molecule has 0 aliphatic heterocycles. The fourth-order valence-corrected chi connectivity index (χ4v) is 4.33. The van der Waals surface area contributed by atoms with Crippen molar-refractivity contribution in [3.63, 3.8) is 0 Å². The molecule has 0 aliphatic rings. The molecule has 1 aromatic carbocycles. The summed E-state index contributed by atoms with van der Waals surface area (Å²) < 4.78 is 27.6. The van der Waals surface area contributed by atoms with Gasteiger partial charge in [0.1, 0.15) is 18.1 Å². The number of pyridine rings is 2. The van der Waals surface area contributed by atoms with Crippen LogP contribution in [0.1, 0.15) is 28.1 Å². The molecule has 10 nitrogen and oxygen atoms in total. The number of anilines is 2. The van der Waals surface area contributed by atoms with E-state index in [2.05, 4.69) is 20.3 Å². The maximum absolute atomic E-state index is 13.3. The Morgan fingerprint density at radius 2 is 1.81 bits per heavy atom. The maximum Gasteiger partial charge on any atom is 0.408 e. The molecule has 2 heterocycles. The van der Waals surface area contributed by atoms with E-state index in [1.54, 1.807) is 38.9 Å². The molecular weight excluding hydrogens is 481 g/mol. The summed E-state index contributed by atoms with van der Waals surface area (Å²) in [5.41, 5.74) is 2.78. The van der Waals surface area contributed by atoms with Gasteiger partial charge in [0.2, 0.25) is 15.9 Å². The van der Waals surface area contributed by atoms with Gasteiger partial charge in [0, 0.05) is 17.9 Å². The monoisotopic (exact) mass is 511 g/mol. The van der Waals surface area contributed by atoms with E-state index >= 15 is 0 Å². The number of benzene rings is 1. The highest BCUT2D eigenvalue weighted by Gasteiger charge is 2.18. The van der Waals surface area contributed by atoms with Crippen molar-refractivity contribution >= 4 is 34.5 Å². The number of nitrogens with zero attached hydrogens (tertiary/aromatic N) is 2. The number of aryl methyl sites for hydroxylation is 2. The number of carbonyl (C=O) groups is 1. The molecule has 0 spiro atoms. The van der Waals surface area contributed by atoms with Gasteiger partial charge in [0.25, 0.3) is 5.56 Å². The number of hydrogen-bond donors (Lipinski definition) is 4. The zero-order valence-corrected chi connectivity index (χ0v) is 21.5. The lowest BCUT2D eigenvalue weighted by atomic mass is 9.89. The van der Waals surface area contributed by atoms with Gasteiger partial charge in [-0.1, -0.05) is 36.4 Å². The van der Waals surface area contributed by atoms with Crippen molar-refractivity contribution in [2.45, 2.75) is 40.2 Å². The molecule has 12 heteroatoms. The van der Waals surface area contributed by atoms with Gasteiger partial charge in [0.05, 0.1) is 6.26 Å². The summed E-state index contributed by atoms with van der Waals surface area (Å²) in [6.07, 6.45) is 1.34. The van der Waals surface area contributed by atoms with Gasteiger partial charge < -0.3 is 20.1 Å². The summed E-state index contributed by atoms with van der Waals surface area (Å²) in [4.78, 5) is 30.3. The van der Waals surface area contributed by atoms with Crippen LogP contribution in [0.4, 0.5) is 11.5 Å². The summed E-state index contributed by atoms with van der Waals surface area (Å²) in [5.74, 6) is 0.105. The Kier molecular flexibility index (Phi) is 8.54. The van der Waals surface area contributed by atoms with Gasteiger partial charge in [-0.2, -0.15) is 0 Å². The quantitative estimate of drug-likeness (QED) is 0.303. The molecular formula is C24H30BN5O5S. The van der Waals surface area contributed by atoms with Gasteiger partial charge in [0.15, 0.2) is 0 Å². The molecule has 0 bridgehead atoms. The molecule has 0 radical (unpaired) electrons. The lowest BCUT2D eigenvalue weighted by Crippen LogP contribution is -2.35. The fraction of sp³-hybridized carbons (Fsp3) is 0.292. The maximum atomic E-state index is 13.3. The summed E-state index contributed by atoms with van der Waals surface area (Å²) in [6, 6.07) is 14.6. The van der Waals surface area contributed by atoms with Crippen LogP contribution in [0.15, 0.2) is 53.3 Å². The average Bonchev–Trinajstić information content (AvgIpc) is 2.78. The van der Waals surface area contributed by atoms with Crippen LogP contribution in [0, 0.1) is 13.8 Å². The second-order valence-electron chi connectivity index (χ2n) is 8.65. The van der Waals surface area contributed by atoms with Gasteiger partial charge in [-0.15, -0.1) is 0 Å². The second-order valence-corrected chi connectivity index (χ2v) is 10.4. The molecule has 2 aromatic heterocycles. The fourth-order valence-electron chi connectivity index (χ4n) is 3.75. The first-order valence-electron chi connectivity index (χ1n) is 11.4. The normalized spacial score (nSPS) is 11.1. The molecule has 3 rings (SSSR count). The minimum Gasteiger partial charge on any atom is -0.433 e. The molecule has 0 aliphatic carbocycles. The van der Waals surface area contributed by atoms with E-state index in [0.717, 1.165) is 17.4 Å². The summed E-state index contributed by atoms with van der Waals surface area (Å²) in [7, 11) is -4.47. The Hall–Kier alpha value is -3.64. The van der Waals surface area contributed by atoms with E-state index in [0.29, 0.717) is 29.2 Å². The smallest absolute Gasteiger partial charge is 0.408 e. The number of nitrogens with one attached hydrogen (secondary N) is 3. The van der Waals surface area contributed by atoms with Crippen LogP contribution in [0.5, 0.6) is 0 Å². The Balaban J connectivity index is 1.81. The van der Waals surface area contributed by atoms with E-state index in [-0.39, 0.29) is 18.8 Å². The Labute approximate surface area is 211 Å². The van der Waals surface area contributed by atoms with Crippen molar-refractivity contribution in [2.75, 3.05) is 16.2 Å². The standard InChI is InChI=1S/C24H30BN5O5S/c1-16-12-20(13-18-8-6-5-7-9-18)23(29-36(4,34)35)24(32)30(16)15-22(31)26-14-19-10-11-21(27-17(19)2)28-25(3)33/h5-12,29,33H,13-15H2,1-4H3,(H,26,31)(H,27,28). The van der Waals surface area contributed by atoms with E-state index in [1.807, 2.05) is 30.3 Å². The number of aromatic nitrogens is 2. The summed E-state index contributed by atoms with van der Waals surface area (Å²) in [5, 5.41) is 15.0. The predicted molar refractivity (Wildman–Crippen MR) is 141 cm³/mol. The molecule has 190 valence electrons. The van der Waals surface area contributed by atoms with Crippen molar-refractivity contribution in [2.24, 2.45) is 0 Å². The molecule has 3 aromatic rings. The molecule has 1 amide bonds. The van der Waals surface area contributed by atoms with Gasteiger partial charge in [-0.3, -0.25) is 14.3 Å². The van der Waals surface area contributed by atoms with Gasteiger partial charge in [-0.05, 0) is 55.9 Å². The van der Waals surface area contributed by atoms with Crippen LogP contribution in [-0.2, 0) is 34.3 Å². The Morgan fingerprint density at radius 1 is 1.11 bits per heavy atom. The highest BCUT2D eigenvalue weighted by atomic mass is 32.2. The second kappa shape index (κ2) is 11.4. The number of carbonyl (C=O) groups excluding carboxylic acids is 1. The average molecular weight is 511 g/mol. The Bertz CT molecular complexity index is 1410. The third kappa shape index (κ3) is 7.43. The largest absolute Gasteiger partial charge is 0.433 e. The SMILES string of the molecule is CB(O)Nc1ccc(CNC(=O)Cn2c(C)cc(Cc3ccccc3)c(NS(C)(=O)=O)c2=O)c(C)n1. The van der Waals surface area contributed by atoms with E-state index in [1.165, 1.54) is 4.57 Å². The van der Waals surface area contributed by atoms with E-state index < -0.39 is 28.5 Å². The minimum atomic E-state index is -3.73. The van der Waals surface area contributed by atoms with Crippen LogP contribution in [0.2, 0.25) is 6.82 Å². The van der Waals surface area contributed by atoms with E-state index in [4.69, 9.17) is 0 Å². The van der Waals surface area contributed by atoms with Crippen molar-refractivity contribution in [3.8, 4) is 0 Å². The Morgan fingerprint density at radius 3 is 2.42 bits per heavy atom. The first-order valence-corrected chi connectivity index (χ1v) is 13.2. The molecule has 0 saturated carbocycles. The first-order chi connectivity index (χ1) is 16.9. The minimum absolute atomic E-state index is 0.0685. The van der Waals surface area contributed by atoms with E-state index in [9.17, 15) is 23.0 Å². The lowest BCUT2D eigenvalue weighted by molar-refractivity contribution is -0.121. The number of sulfonamides is 1. The van der Waals surface area contributed by atoms with Crippen LogP contribution in [0.3, 0.4) is 0 Å². The zero-order chi connectivity index (χ0) is 26.5. The molecule has 36 heavy (non-hydrogen) atoms. The van der Waals surface area contributed by atoms with Crippen LogP contribution >= 0.6 is 0 Å². The number of rotatable bonds is 10. The highest BCUT2D eigenvalue weighted by Crippen LogP contribution is 2.19. The van der Waals surface area contributed by atoms with Crippen LogP contribution < -0.4 is 20.8 Å². The third-order valence-electron chi connectivity index (χ3n) is 5.44. The topological polar surface area (TPSA) is 142 Å². The molecule has 0 unspecified atom stereocenters. The van der Waals surface area contributed by atoms with Gasteiger partial charge >= 0.3 is 7.05 Å². The van der Waals surface area contributed by atoms with Crippen LogP contribution in [-0.4, -0.2) is 42.2 Å². The van der Waals surface area contributed by atoms with Crippen molar-refractivity contribution in [1.82, 2.24) is 14.9 Å². The molecule has 4 N–H and O–H groups in total. The van der Waals surface area contributed by atoms with Crippen molar-refractivity contribution < 1.29 is 18.2 Å². The van der Waals surface area contributed by atoms with Crippen LogP contribution in [0.25, 0.3) is 0 Å². The predicted octanol–water partition coefficient (Wildman–Crippen LogP) is 1.66. The first kappa shape index (κ1) is 27.0. The number of hydrogen-bond acceptors (Lipinski definition) is 7. The van der Waals surface area contributed by atoms with Gasteiger partial charge in [-0.25, -0.2) is 13.4 Å². The molecule has 0 atom stereocenters. The zero-order valence-electron chi connectivity index (χ0n) is 20.7. The van der Waals surface area contributed by atoms with Crippen molar-refractivity contribution in [1.29, 1.82) is 0 Å².